The molecule has 1 N–H and O–H groups in total. The molecule has 4 aromatic carbocycles. The van der Waals surface area contributed by atoms with E-state index in [1.807, 2.05) is 85.8 Å². The quantitative estimate of drug-likeness (QED) is 0.391. The fourth-order valence-corrected chi connectivity index (χ4v) is 4.37. The maximum absolute atomic E-state index is 12.9. The van der Waals surface area contributed by atoms with Gasteiger partial charge in [0, 0.05) is 24.0 Å². The lowest BCUT2D eigenvalue weighted by Gasteiger charge is -2.19. The smallest absolute Gasteiger partial charge is 0.229 e. The normalized spacial score (nSPS) is 15.5. The predicted molar refractivity (Wildman–Crippen MR) is 135 cm³/mol. The van der Waals surface area contributed by atoms with Crippen LogP contribution in [0.5, 0.6) is 11.5 Å². The highest BCUT2D eigenvalue weighted by molar-refractivity contribution is 6.08. The summed E-state index contributed by atoms with van der Waals surface area (Å²) in [6.45, 7) is 4.45. The first kappa shape index (κ1) is 21.7. The minimum atomic E-state index is -0.405. The molecule has 1 aliphatic rings. The molecule has 5 rings (SSSR count). The third-order valence-electron chi connectivity index (χ3n) is 6.46. The molecule has 0 saturated carbocycles. The maximum atomic E-state index is 12.9. The minimum Gasteiger partial charge on any atom is -0.457 e. The number of nitrogens with one attached hydrogen (secondary N) is 1. The first-order valence-corrected chi connectivity index (χ1v) is 11.4. The van der Waals surface area contributed by atoms with Crippen LogP contribution >= 0.6 is 0 Å². The number of hydrogen-bond donors (Lipinski definition) is 1. The fourth-order valence-electron chi connectivity index (χ4n) is 4.37. The molecule has 5 nitrogen and oxygen atoms in total. The Hall–Kier alpha value is -4.12. The molecule has 1 atom stereocenters. The average Bonchev–Trinajstić information content (AvgIpc) is 3.24. The van der Waals surface area contributed by atoms with Crippen LogP contribution in [-0.4, -0.2) is 18.4 Å². The molecule has 0 aliphatic carbocycles. The molecule has 4 aromatic rings. The fraction of sp³-hybridized carbons (Fsp3) is 0.172. The molecule has 1 heterocycles. The summed E-state index contributed by atoms with van der Waals surface area (Å²) in [4.78, 5) is 27.5. The van der Waals surface area contributed by atoms with Crippen molar-refractivity contribution in [3.8, 4) is 11.5 Å². The Labute approximate surface area is 199 Å². The van der Waals surface area contributed by atoms with E-state index in [2.05, 4.69) is 18.3 Å². The summed E-state index contributed by atoms with van der Waals surface area (Å²) in [7, 11) is 0. The van der Waals surface area contributed by atoms with Crippen molar-refractivity contribution in [2.24, 2.45) is 5.92 Å². The number of amides is 2. The van der Waals surface area contributed by atoms with Gasteiger partial charge in [0.05, 0.1) is 11.6 Å². The number of rotatable bonds is 5. The number of hydrogen-bond acceptors (Lipinski definition) is 3. The molecule has 0 radical (unpaired) electrons. The molecule has 0 unspecified atom stereocenters. The summed E-state index contributed by atoms with van der Waals surface area (Å²) in [5.74, 6) is 0.921. The van der Waals surface area contributed by atoms with Gasteiger partial charge in [0.2, 0.25) is 11.8 Å². The van der Waals surface area contributed by atoms with Gasteiger partial charge in [-0.15, -0.1) is 0 Å². The van der Waals surface area contributed by atoms with E-state index in [1.54, 1.807) is 4.90 Å². The van der Waals surface area contributed by atoms with E-state index in [0.29, 0.717) is 18.0 Å². The minimum absolute atomic E-state index is 0.0335. The molecule has 2 amide bonds. The second-order valence-electron chi connectivity index (χ2n) is 8.72. The maximum Gasteiger partial charge on any atom is 0.229 e. The Kier molecular flexibility index (Phi) is 5.76. The summed E-state index contributed by atoms with van der Waals surface area (Å²) < 4.78 is 6.00. The van der Waals surface area contributed by atoms with Gasteiger partial charge in [-0.1, -0.05) is 48.5 Å². The van der Waals surface area contributed by atoms with Crippen molar-refractivity contribution in [2.75, 3.05) is 16.8 Å². The van der Waals surface area contributed by atoms with Crippen LogP contribution in [0.4, 0.5) is 11.4 Å². The first-order chi connectivity index (χ1) is 16.5. The third-order valence-corrected chi connectivity index (χ3v) is 6.46. The molecule has 0 bridgehead atoms. The van der Waals surface area contributed by atoms with Gasteiger partial charge in [-0.25, -0.2) is 0 Å². The van der Waals surface area contributed by atoms with Crippen LogP contribution in [0.15, 0.2) is 84.9 Å². The largest absolute Gasteiger partial charge is 0.457 e. The second kappa shape index (κ2) is 9.02. The van der Waals surface area contributed by atoms with Gasteiger partial charge in [-0.2, -0.15) is 0 Å². The Bertz CT molecular complexity index is 1370. The van der Waals surface area contributed by atoms with Crippen LogP contribution in [0.25, 0.3) is 10.8 Å². The van der Waals surface area contributed by atoms with Crippen LogP contribution in [0, 0.1) is 19.8 Å². The molecule has 1 aliphatic heterocycles. The van der Waals surface area contributed by atoms with E-state index in [0.717, 1.165) is 27.8 Å². The van der Waals surface area contributed by atoms with E-state index in [-0.39, 0.29) is 18.2 Å². The second-order valence-corrected chi connectivity index (χ2v) is 8.72. The number of carbonyl (C=O) groups is 2. The van der Waals surface area contributed by atoms with Crippen LogP contribution in [0.1, 0.15) is 17.5 Å². The SMILES string of the molecule is Cc1cccc(Oc2ccc(NC(=O)[C@H]3CC(=O)N(c4cccc5ccccc45)C3)cc2)c1C. The Balaban J connectivity index is 1.26. The van der Waals surface area contributed by atoms with Crippen molar-refractivity contribution in [3.63, 3.8) is 0 Å². The lowest BCUT2D eigenvalue weighted by molar-refractivity contribution is -0.122. The zero-order chi connectivity index (χ0) is 23.7. The summed E-state index contributed by atoms with van der Waals surface area (Å²) >= 11 is 0. The predicted octanol–water partition coefficient (Wildman–Crippen LogP) is 6.24. The number of carbonyl (C=O) groups excluding carboxylic acids is 2. The van der Waals surface area contributed by atoms with Crippen LogP contribution in [0.2, 0.25) is 0 Å². The van der Waals surface area contributed by atoms with E-state index >= 15 is 0 Å². The van der Waals surface area contributed by atoms with Crippen molar-refractivity contribution in [3.05, 3.63) is 96.1 Å². The van der Waals surface area contributed by atoms with E-state index in [4.69, 9.17) is 4.74 Å². The standard InChI is InChI=1S/C29H26N2O3/c1-19-7-5-12-27(20(19)2)34-24-15-13-23(14-16-24)30-29(33)22-17-28(32)31(18-22)26-11-6-9-21-8-3-4-10-25(21)26/h3-16,22H,17-18H2,1-2H3,(H,30,33)/t22-/m0/s1. The Morgan fingerprint density at radius 2 is 1.65 bits per heavy atom. The number of ether oxygens (including phenoxy) is 1. The van der Waals surface area contributed by atoms with Gasteiger partial charge in [0.1, 0.15) is 11.5 Å². The molecule has 0 aromatic heterocycles. The van der Waals surface area contributed by atoms with E-state index in [9.17, 15) is 9.59 Å². The molecule has 170 valence electrons. The number of anilines is 2. The number of nitrogens with zero attached hydrogens (tertiary/aromatic N) is 1. The Morgan fingerprint density at radius 3 is 2.47 bits per heavy atom. The lowest BCUT2D eigenvalue weighted by atomic mass is 10.1. The topological polar surface area (TPSA) is 58.6 Å². The number of benzene rings is 4. The van der Waals surface area contributed by atoms with Gasteiger partial charge < -0.3 is 15.0 Å². The average molecular weight is 451 g/mol. The summed E-state index contributed by atoms with van der Waals surface area (Å²) in [6, 6.07) is 27.1. The Morgan fingerprint density at radius 1 is 0.912 bits per heavy atom. The molecular weight excluding hydrogens is 424 g/mol. The summed E-state index contributed by atoms with van der Waals surface area (Å²) in [5.41, 5.74) is 3.80. The van der Waals surface area contributed by atoms with Gasteiger partial charge in [0.15, 0.2) is 0 Å². The highest BCUT2D eigenvalue weighted by atomic mass is 16.5. The van der Waals surface area contributed by atoms with Crippen molar-refractivity contribution >= 4 is 34.0 Å². The molecule has 34 heavy (non-hydrogen) atoms. The highest BCUT2D eigenvalue weighted by Crippen LogP contribution is 2.32. The molecule has 5 heteroatoms. The summed E-state index contributed by atoms with van der Waals surface area (Å²) in [5, 5.41) is 5.04. The zero-order valence-corrected chi connectivity index (χ0v) is 19.2. The molecule has 0 spiro atoms. The van der Waals surface area contributed by atoms with Crippen molar-refractivity contribution in [1.29, 1.82) is 0 Å². The number of fused-ring (bicyclic) bond motifs is 1. The molecule has 1 saturated heterocycles. The van der Waals surface area contributed by atoms with Crippen LogP contribution in [0.3, 0.4) is 0 Å². The summed E-state index contributed by atoms with van der Waals surface area (Å²) in [6.07, 6.45) is 0.197. The molecular formula is C29H26N2O3. The lowest BCUT2D eigenvalue weighted by Crippen LogP contribution is -2.28. The van der Waals surface area contributed by atoms with E-state index in [1.165, 1.54) is 5.56 Å². The van der Waals surface area contributed by atoms with Crippen LogP contribution in [-0.2, 0) is 9.59 Å². The highest BCUT2D eigenvalue weighted by Gasteiger charge is 2.35. The third kappa shape index (κ3) is 4.25. The van der Waals surface area contributed by atoms with Gasteiger partial charge in [-0.3, -0.25) is 9.59 Å². The van der Waals surface area contributed by atoms with Crippen molar-refractivity contribution < 1.29 is 14.3 Å². The van der Waals surface area contributed by atoms with Crippen LogP contribution < -0.4 is 15.0 Å². The zero-order valence-electron chi connectivity index (χ0n) is 19.2. The van der Waals surface area contributed by atoms with Crippen molar-refractivity contribution in [2.45, 2.75) is 20.3 Å². The first-order valence-electron chi connectivity index (χ1n) is 11.4. The van der Waals surface area contributed by atoms with Gasteiger partial charge in [0.25, 0.3) is 0 Å². The number of aryl methyl sites for hydroxylation is 1. The monoisotopic (exact) mass is 450 g/mol. The van der Waals surface area contributed by atoms with Gasteiger partial charge >= 0.3 is 0 Å². The molecule has 1 fully saturated rings. The van der Waals surface area contributed by atoms with Gasteiger partial charge in [-0.05, 0) is 66.8 Å². The van der Waals surface area contributed by atoms with Crippen molar-refractivity contribution in [1.82, 2.24) is 0 Å². The van der Waals surface area contributed by atoms with E-state index < -0.39 is 5.92 Å².